The fourth-order valence-electron chi connectivity index (χ4n) is 2.59. The van der Waals surface area contributed by atoms with Gasteiger partial charge in [-0.3, -0.25) is 14.2 Å². The quantitative estimate of drug-likeness (QED) is 0.748. The predicted octanol–water partition coefficient (Wildman–Crippen LogP) is 3.61. The molecule has 3 N–H and O–H groups in total. The number of rotatable bonds is 8. The molecule has 0 saturated heterocycles. The van der Waals surface area contributed by atoms with Gasteiger partial charge in [-0.05, 0) is 24.1 Å². The zero-order chi connectivity index (χ0) is 19.3. The largest absolute Gasteiger partial charge is 0.388 e. The molecule has 0 aliphatic carbocycles. The van der Waals surface area contributed by atoms with Gasteiger partial charge < -0.3 is 10.8 Å². The number of carbonyl (C=O) groups is 1. The Morgan fingerprint density at radius 2 is 1.77 bits per heavy atom. The molecule has 0 aliphatic rings. The number of benzene rings is 1. The number of Topliss-reactive ketones (excluding diaryl/α,β-unsaturated/α-hetero) is 1. The highest BCUT2D eigenvalue weighted by molar-refractivity contribution is 5.81. The first kappa shape index (κ1) is 20.1. The maximum absolute atomic E-state index is 13.1. The van der Waals surface area contributed by atoms with E-state index in [0.29, 0.717) is 5.56 Å². The van der Waals surface area contributed by atoms with Crippen LogP contribution in [0, 0.1) is 5.92 Å². The van der Waals surface area contributed by atoms with Crippen molar-refractivity contribution in [3.63, 3.8) is 0 Å². The number of alkyl halides is 3. The molecule has 2 aromatic rings. The zero-order valence-electron chi connectivity index (χ0n) is 14.3. The van der Waals surface area contributed by atoms with Gasteiger partial charge in [0, 0.05) is 30.1 Å². The van der Waals surface area contributed by atoms with Crippen LogP contribution in [0.15, 0.2) is 42.6 Å². The van der Waals surface area contributed by atoms with Gasteiger partial charge in [-0.25, -0.2) is 8.78 Å². The van der Waals surface area contributed by atoms with E-state index < -0.39 is 37.3 Å². The van der Waals surface area contributed by atoms with E-state index in [1.807, 2.05) is 19.1 Å². The average molecular weight is 366 g/mol. The number of carbonyl (C=O) groups excluding carboxylic acids is 1. The first-order valence-electron chi connectivity index (χ1n) is 8.20. The molecule has 0 aliphatic heterocycles. The second-order valence-electron chi connectivity index (χ2n) is 6.21. The van der Waals surface area contributed by atoms with E-state index in [1.165, 1.54) is 0 Å². The van der Waals surface area contributed by atoms with Gasteiger partial charge in [0.05, 0.1) is 18.5 Å². The third-order valence-electron chi connectivity index (χ3n) is 4.19. The van der Waals surface area contributed by atoms with E-state index in [0.717, 1.165) is 16.8 Å². The molecular formula is C19H21F3N2O2. The van der Waals surface area contributed by atoms with Crippen LogP contribution in [-0.4, -0.2) is 29.0 Å². The van der Waals surface area contributed by atoms with Crippen LogP contribution in [0.2, 0.25) is 0 Å². The number of nitrogens with zero attached hydrogens (tertiary/aromatic N) is 1. The number of hydrogen-bond acceptors (Lipinski definition) is 4. The molecule has 0 spiro atoms. The second kappa shape index (κ2) is 8.91. The van der Waals surface area contributed by atoms with Gasteiger partial charge in [0.1, 0.15) is 0 Å². The summed E-state index contributed by atoms with van der Waals surface area (Å²) in [5, 5.41) is 10.2. The van der Waals surface area contributed by atoms with E-state index in [2.05, 4.69) is 4.98 Å². The molecule has 1 heterocycles. The van der Waals surface area contributed by atoms with Crippen molar-refractivity contribution in [2.24, 2.45) is 11.7 Å². The SMILES string of the molecule is CC(N)c1ccc(-c2ccc([C@@H](O)[C@@H](CF)CC(=O)C(F)F)cc2)cn1. The molecule has 3 atom stereocenters. The van der Waals surface area contributed by atoms with Gasteiger partial charge in [-0.15, -0.1) is 0 Å². The Hall–Kier alpha value is -2.25. The monoisotopic (exact) mass is 366 g/mol. The number of halogens is 3. The third-order valence-corrected chi connectivity index (χ3v) is 4.19. The normalized spacial score (nSPS) is 14.9. The van der Waals surface area contributed by atoms with Crippen LogP contribution >= 0.6 is 0 Å². The number of nitrogens with two attached hydrogens (primary N) is 1. The van der Waals surface area contributed by atoms with Crippen molar-refractivity contribution in [3.05, 3.63) is 53.9 Å². The van der Waals surface area contributed by atoms with Crippen LogP contribution in [0.1, 0.15) is 36.7 Å². The summed E-state index contributed by atoms with van der Waals surface area (Å²) in [5.41, 5.74) is 8.54. The smallest absolute Gasteiger partial charge is 0.295 e. The summed E-state index contributed by atoms with van der Waals surface area (Å²) >= 11 is 0. The van der Waals surface area contributed by atoms with E-state index >= 15 is 0 Å². The van der Waals surface area contributed by atoms with Crippen molar-refractivity contribution in [1.29, 1.82) is 0 Å². The maximum atomic E-state index is 13.1. The highest BCUT2D eigenvalue weighted by Gasteiger charge is 2.27. The first-order valence-corrected chi connectivity index (χ1v) is 8.20. The summed E-state index contributed by atoms with van der Waals surface area (Å²) in [6.07, 6.45) is -3.53. The van der Waals surface area contributed by atoms with Gasteiger partial charge >= 0.3 is 0 Å². The summed E-state index contributed by atoms with van der Waals surface area (Å²) in [6, 6.07) is 10.1. The van der Waals surface area contributed by atoms with E-state index in [4.69, 9.17) is 5.73 Å². The Morgan fingerprint density at radius 3 is 2.23 bits per heavy atom. The fourth-order valence-corrected chi connectivity index (χ4v) is 2.59. The lowest BCUT2D eigenvalue weighted by molar-refractivity contribution is -0.131. The summed E-state index contributed by atoms with van der Waals surface area (Å²) in [5.74, 6) is -2.57. The number of aliphatic hydroxyl groups excluding tert-OH is 1. The van der Waals surface area contributed by atoms with Crippen LogP contribution < -0.4 is 5.73 Å². The predicted molar refractivity (Wildman–Crippen MR) is 92.3 cm³/mol. The number of aliphatic hydroxyl groups is 1. The molecule has 0 fully saturated rings. The number of pyridine rings is 1. The highest BCUT2D eigenvalue weighted by atomic mass is 19.3. The first-order chi connectivity index (χ1) is 12.3. The van der Waals surface area contributed by atoms with Crippen molar-refractivity contribution in [2.45, 2.75) is 31.9 Å². The molecule has 0 bridgehead atoms. The standard InChI is InChI=1S/C19H21F3N2O2/c1-11(23)16-7-6-14(10-24-16)12-2-4-13(5-3-12)18(26)15(9-20)8-17(25)19(21)22/h2-7,10-11,15,18-19,26H,8-9,23H2,1H3/t11?,15-,18-/m1/s1. The molecule has 7 heteroatoms. The summed E-state index contributed by atoms with van der Waals surface area (Å²) in [7, 11) is 0. The summed E-state index contributed by atoms with van der Waals surface area (Å²) in [6.45, 7) is 0.766. The Kier molecular flexibility index (Phi) is 6.88. The summed E-state index contributed by atoms with van der Waals surface area (Å²) in [4.78, 5) is 15.4. The number of ketones is 1. The molecule has 2 rings (SSSR count). The van der Waals surface area contributed by atoms with Crippen LogP contribution in [0.5, 0.6) is 0 Å². The number of hydrogen-bond donors (Lipinski definition) is 2. The average Bonchev–Trinajstić information content (AvgIpc) is 2.65. The molecule has 0 radical (unpaired) electrons. The van der Waals surface area contributed by atoms with Crippen molar-refractivity contribution in [1.82, 2.24) is 4.98 Å². The zero-order valence-corrected chi connectivity index (χ0v) is 14.3. The Labute approximate surface area is 149 Å². The van der Waals surface area contributed by atoms with Crippen LogP contribution in [0.25, 0.3) is 11.1 Å². The fraction of sp³-hybridized carbons (Fsp3) is 0.368. The molecule has 1 unspecified atom stereocenters. The van der Waals surface area contributed by atoms with Gasteiger partial charge in [-0.1, -0.05) is 30.3 Å². The Bertz CT molecular complexity index is 719. The molecule has 1 aromatic carbocycles. The minimum Gasteiger partial charge on any atom is -0.388 e. The topological polar surface area (TPSA) is 76.2 Å². The molecule has 1 aromatic heterocycles. The second-order valence-corrected chi connectivity index (χ2v) is 6.21. The van der Waals surface area contributed by atoms with Crippen LogP contribution in [0.3, 0.4) is 0 Å². The molecule has 0 saturated carbocycles. The van der Waals surface area contributed by atoms with Gasteiger partial charge in [0.15, 0.2) is 5.78 Å². The van der Waals surface area contributed by atoms with Crippen LogP contribution in [0.4, 0.5) is 13.2 Å². The maximum Gasteiger partial charge on any atom is 0.295 e. The van der Waals surface area contributed by atoms with Crippen molar-refractivity contribution < 1.29 is 23.1 Å². The molecule has 4 nitrogen and oxygen atoms in total. The Balaban J connectivity index is 2.13. The van der Waals surface area contributed by atoms with Crippen LogP contribution in [-0.2, 0) is 4.79 Å². The van der Waals surface area contributed by atoms with E-state index in [-0.39, 0.29) is 6.04 Å². The van der Waals surface area contributed by atoms with Gasteiger partial charge in [0.2, 0.25) is 0 Å². The lowest BCUT2D eigenvalue weighted by atomic mass is 9.91. The lowest BCUT2D eigenvalue weighted by Crippen LogP contribution is -2.22. The van der Waals surface area contributed by atoms with Crippen molar-refractivity contribution in [2.75, 3.05) is 6.67 Å². The Morgan fingerprint density at radius 1 is 1.15 bits per heavy atom. The molecular weight excluding hydrogens is 345 g/mol. The number of aromatic nitrogens is 1. The third kappa shape index (κ3) is 4.89. The highest BCUT2D eigenvalue weighted by Crippen LogP contribution is 2.28. The lowest BCUT2D eigenvalue weighted by Gasteiger charge is -2.20. The molecule has 26 heavy (non-hydrogen) atoms. The minimum atomic E-state index is -3.16. The molecule has 140 valence electrons. The summed E-state index contributed by atoms with van der Waals surface area (Å²) < 4.78 is 37.8. The van der Waals surface area contributed by atoms with E-state index in [1.54, 1.807) is 30.5 Å². The van der Waals surface area contributed by atoms with Crippen molar-refractivity contribution >= 4 is 5.78 Å². The van der Waals surface area contributed by atoms with Gasteiger partial charge in [0.25, 0.3) is 6.43 Å². The van der Waals surface area contributed by atoms with E-state index in [9.17, 15) is 23.1 Å². The van der Waals surface area contributed by atoms with Gasteiger partial charge in [-0.2, -0.15) is 0 Å². The minimum absolute atomic E-state index is 0.171. The molecule has 0 amide bonds. The van der Waals surface area contributed by atoms with Crippen molar-refractivity contribution in [3.8, 4) is 11.1 Å².